The van der Waals surface area contributed by atoms with E-state index in [-0.39, 0.29) is 12.2 Å². The number of hydrogen-bond donors (Lipinski definition) is 2. The van der Waals surface area contributed by atoms with E-state index >= 15 is 0 Å². The number of aromatic nitrogens is 1. The molecule has 9 aliphatic rings. The van der Waals surface area contributed by atoms with Crippen molar-refractivity contribution in [1.82, 2.24) is 20.1 Å². The topological polar surface area (TPSA) is 32.2 Å². The van der Waals surface area contributed by atoms with Gasteiger partial charge in [0.25, 0.3) is 0 Å². The molecule has 1 aromatic carbocycles. The summed E-state index contributed by atoms with van der Waals surface area (Å²) in [6.45, 7) is 0. The Morgan fingerprint density at radius 2 is 1.60 bits per heavy atom. The lowest BCUT2D eigenvalue weighted by molar-refractivity contribution is 0.280. The van der Waals surface area contributed by atoms with Crippen molar-refractivity contribution in [3.8, 4) is 5.69 Å². The molecule has 7 atom stereocenters. The van der Waals surface area contributed by atoms with Gasteiger partial charge in [-0.05, 0) is 124 Å². The van der Waals surface area contributed by atoms with E-state index in [4.69, 9.17) is 0 Å². The first-order chi connectivity index (χ1) is 28.8. The van der Waals surface area contributed by atoms with Gasteiger partial charge in [0.05, 0.1) is 17.9 Å². The Hall–Kier alpha value is -5.32. The summed E-state index contributed by atoms with van der Waals surface area (Å²) in [4.78, 5) is 2.71. The number of fused-ring (bicyclic) bond motifs is 6. The van der Waals surface area contributed by atoms with Crippen molar-refractivity contribution in [2.75, 3.05) is 0 Å². The van der Waals surface area contributed by atoms with Gasteiger partial charge < -0.3 is 14.8 Å². The standard InChI is InChI=1S/C54H56N4/c1-4-16-39(17-5-1)47-36-48(56-54(55-47)41-18-6-2-7-19-41)40-30-28-37(29-31-40)38-32-34-43(35-33-38)57-49-25-13-10-22-44(49)52-45-23-11-14-26-50(45)58(42-20-8-3-9-21-42)53(52)46-24-12-15-27-51(46)57/h1-4,6-9,11-13,15,18,20-21,23-25,28-30,32,34-36,38-41,48,51,54-56H,5,10,14,16-17,19,22,26-27,31,33H2. The SMILES string of the molecule is C1=CCC(C2NC(C3CC=CCC3)=CC(C3C=CC(C4C=CC(N5C6=C(CCC=C6)c6c7c(n(-c8ccccc8)c6C6=CC=CCC65)CCC=C7)=CC4)=CC3)N2)C=C1. The maximum atomic E-state index is 4.06. The molecule has 0 saturated heterocycles. The first-order valence-electron chi connectivity index (χ1n) is 22.3. The Balaban J connectivity index is 0.871. The zero-order chi connectivity index (χ0) is 38.4. The molecule has 0 fully saturated rings. The Kier molecular flexibility index (Phi) is 9.54. The van der Waals surface area contributed by atoms with Gasteiger partial charge in [-0.3, -0.25) is 5.32 Å². The van der Waals surface area contributed by atoms with Crippen LogP contribution in [-0.2, 0) is 6.42 Å². The van der Waals surface area contributed by atoms with Gasteiger partial charge in [-0.25, -0.2) is 0 Å². The van der Waals surface area contributed by atoms with E-state index < -0.39 is 0 Å². The van der Waals surface area contributed by atoms with Crippen LogP contribution in [0.3, 0.4) is 0 Å². The number of rotatable bonds is 6. The molecule has 2 aliphatic heterocycles. The summed E-state index contributed by atoms with van der Waals surface area (Å²) in [7, 11) is 0. The van der Waals surface area contributed by atoms with Crippen LogP contribution in [0.2, 0.25) is 0 Å². The summed E-state index contributed by atoms with van der Waals surface area (Å²) in [6, 6.07) is 11.7. The van der Waals surface area contributed by atoms with E-state index in [1.54, 1.807) is 0 Å². The highest BCUT2D eigenvalue weighted by Crippen LogP contribution is 2.50. The fraction of sp³-hybridized carbons (Fsp3) is 0.333. The Bertz CT molecular complexity index is 2370. The lowest BCUT2D eigenvalue weighted by Crippen LogP contribution is -2.56. The van der Waals surface area contributed by atoms with Crippen molar-refractivity contribution in [3.05, 3.63) is 191 Å². The van der Waals surface area contributed by atoms with E-state index in [0.717, 1.165) is 57.8 Å². The van der Waals surface area contributed by atoms with E-state index in [2.05, 4.69) is 172 Å². The zero-order valence-electron chi connectivity index (χ0n) is 33.6. The highest BCUT2D eigenvalue weighted by molar-refractivity contribution is 5.92. The van der Waals surface area contributed by atoms with Crippen LogP contribution in [-0.4, -0.2) is 27.7 Å². The molecule has 2 N–H and O–H groups in total. The van der Waals surface area contributed by atoms with Crippen molar-refractivity contribution < 1.29 is 0 Å². The van der Waals surface area contributed by atoms with Crippen LogP contribution in [0.15, 0.2) is 168 Å². The minimum atomic E-state index is 0.229. The smallest absolute Gasteiger partial charge is 0.0837 e. The van der Waals surface area contributed by atoms with E-state index in [9.17, 15) is 0 Å². The summed E-state index contributed by atoms with van der Waals surface area (Å²) in [6.07, 6.45) is 60.5. The molecule has 0 bridgehead atoms. The van der Waals surface area contributed by atoms with E-state index in [1.807, 2.05) is 0 Å². The molecule has 7 unspecified atom stereocenters. The molecule has 2 aromatic rings. The third-order valence-electron chi connectivity index (χ3n) is 14.2. The van der Waals surface area contributed by atoms with Crippen molar-refractivity contribution in [3.63, 3.8) is 0 Å². The van der Waals surface area contributed by atoms with Crippen LogP contribution < -0.4 is 10.6 Å². The fourth-order valence-electron chi connectivity index (χ4n) is 11.2. The third kappa shape index (κ3) is 6.41. The molecule has 4 nitrogen and oxygen atoms in total. The van der Waals surface area contributed by atoms with Gasteiger partial charge in [0.15, 0.2) is 0 Å². The Labute approximate surface area is 345 Å². The second-order valence-electron chi connectivity index (χ2n) is 17.6. The lowest BCUT2D eigenvalue weighted by atomic mass is 9.81. The van der Waals surface area contributed by atoms with Crippen LogP contribution in [0.1, 0.15) is 86.7 Å². The molecular weight excluding hydrogens is 705 g/mol. The number of allylic oxidation sites excluding steroid dienone is 18. The normalized spacial score (nSPS) is 30.7. The van der Waals surface area contributed by atoms with Crippen LogP contribution in [0, 0.1) is 23.7 Å². The summed E-state index contributed by atoms with van der Waals surface area (Å²) in [5, 5.41) is 8.03. The zero-order valence-corrected chi connectivity index (χ0v) is 33.6. The molecule has 292 valence electrons. The minimum Gasteiger partial charge on any atom is -0.373 e. The van der Waals surface area contributed by atoms with Gasteiger partial charge in [-0.2, -0.15) is 0 Å². The molecule has 0 spiro atoms. The largest absolute Gasteiger partial charge is 0.373 e. The van der Waals surface area contributed by atoms with Gasteiger partial charge in [0.2, 0.25) is 0 Å². The van der Waals surface area contributed by atoms with Crippen LogP contribution >= 0.6 is 0 Å². The second-order valence-corrected chi connectivity index (χ2v) is 17.6. The number of hydrogen-bond acceptors (Lipinski definition) is 3. The third-order valence-corrected chi connectivity index (χ3v) is 14.2. The Morgan fingerprint density at radius 1 is 0.690 bits per heavy atom. The Morgan fingerprint density at radius 3 is 2.43 bits per heavy atom. The summed E-state index contributed by atoms with van der Waals surface area (Å²) in [5.74, 6) is 1.92. The van der Waals surface area contributed by atoms with Gasteiger partial charge in [-0.1, -0.05) is 121 Å². The monoisotopic (exact) mass is 760 g/mol. The maximum absolute atomic E-state index is 4.06. The van der Waals surface area contributed by atoms with Crippen LogP contribution in [0.4, 0.5) is 0 Å². The minimum absolute atomic E-state index is 0.229. The summed E-state index contributed by atoms with van der Waals surface area (Å²) < 4.78 is 2.63. The average Bonchev–Trinajstić information content (AvgIpc) is 3.59. The first-order valence-corrected chi connectivity index (χ1v) is 22.3. The summed E-state index contributed by atoms with van der Waals surface area (Å²) in [5.41, 5.74) is 15.6. The van der Waals surface area contributed by atoms with Crippen molar-refractivity contribution >= 4 is 17.2 Å². The average molecular weight is 761 g/mol. The highest BCUT2D eigenvalue weighted by atomic mass is 15.2. The van der Waals surface area contributed by atoms with Gasteiger partial charge in [0.1, 0.15) is 0 Å². The maximum Gasteiger partial charge on any atom is 0.0837 e. The van der Waals surface area contributed by atoms with Gasteiger partial charge >= 0.3 is 0 Å². The summed E-state index contributed by atoms with van der Waals surface area (Å²) >= 11 is 0. The molecule has 4 heteroatoms. The molecule has 1 aromatic heterocycles. The van der Waals surface area contributed by atoms with Crippen LogP contribution in [0.25, 0.3) is 22.9 Å². The van der Waals surface area contributed by atoms with Crippen molar-refractivity contribution in [2.45, 2.75) is 88.9 Å². The van der Waals surface area contributed by atoms with Gasteiger partial charge in [0, 0.05) is 63.4 Å². The quantitative estimate of drug-likeness (QED) is 0.288. The van der Waals surface area contributed by atoms with Crippen molar-refractivity contribution in [1.29, 1.82) is 0 Å². The first kappa shape index (κ1) is 35.8. The molecule has 0 saturated carbocycles. The molecule has 58 heavy (non-hydrogen) atoms. The van der Waals surface area contributed by atoms with Crippen LogP contribution in [0.5, 0.6) is 0 Å². The number of nitrogens with one attached hydrogen (secondary N) is 2. The van der Waals surface area contributed by atoms with E-state index in [1.165, 1.54) is 74.9 Å². The predicted octanol–water partition coefficient (Wildman–Crippen LogP) is 11.7. The molecular formula is C54H56N4. The molecule has 0 radical (unpaired) electrons. The highest BCUT2D eigenvalue weighted by Gasteiger charge is 2.40. The predicted molar refractivity (Wildman–Crippen MR) is 241 cm³/mol. The lowest BCUT2D eigenvalue weighted by Gasteiger charge is -2.41. The molecule has 3 heterocycles. The molecule has 0 amide bonds. The van der Waals surface area contributed by atoms with Crippen molar-refractivity contribution in [2.24, 2.45) is 23.7 Å². The van der Waals surface area contributed by atoms with Gasteiger partial charge in [-0.15, -0.1) is 0 Å². The van der Waals surface area contributed by atoms with E-state index in [0.29, 0.717) is 29.7 Å². The number of nitrogens with zero attached hydrogens (tertiary/aromatic N) is 2. The second kappa shape index (κ2) is 15.5. The molecule has 7 aliphatic carbocycles. The molecule has 11 rings (SSSR count). The number of benzene rings is 1. The fourth-order valence-corrected chi connectivity index (χ4v) is 11.2. The number of para-hydroxylation sites is 1.